The quantitative estimate of drug-likeness (QED) is 0.809. The first-order chi connectivity index (χ1) is 9.72. The Hall–Kier alpha value is -1.91. The number of ether oxygens (including phenoxy) is 1. The van der Waals surface area contributed by atoms with E-state index >= 15 is 0 Å². The Bertz CT molecular complexity index is 456. The van der Waals surface area contributed by atoms with Gasteiger partial charge in [-0.2, -0.15) is 0 Å². The van der Waals surface area contributed by atoms with E-state index in [2.05, 4.69) is 5.32 Å². The number of nitrogen functional groups attached to an aromatic ring is 1. The summed E-state index contributed by atoms with van der Waals surface area (Å²) in [7, 11) is 0. The molecule has 110 valence electrons. The maximum absolute atomic E-state index is 12.1. The molecule has 0 unspecified atom stereocenters. The number of nitrogens with one attached hydrogen (secondary N) is 1. The Balaban J connectivity index is 1.93. The standard InChI is InChI=1S/C15H23N3O2/c1-2-20-13-8-6-7-12(15(13)16)17-11-14(19)18-9-4-3-5-10-18/h6-8,17H,2-5,9-11,16H2,1H3. The second-order valence-corrected chi connectivity index (χ2v) is 4.95. The van der Waals surface area contributed by atoms with E-state index in [1.165, 1.54) is 6.42 Å². The number of hydrogen-bond acceptors (Lipinski definition) is 4. The van der Waals surface area contributed by atoms with Crippen molar-refractivity contribution in [3.63, 3.8) is 0 Å². The van der Waals surface area contributed by atoms with E-state index in [4.69, 9.17) is 10.5 Å². The largest absolute Gasteiger partial charge is 0.492 e. The first-order valence-electron chi connectivity index (χ1n) is 7.25. The van der Waals surface area contributed by atoms with Crippen LogP contribution >= 0.6 is 0 Å². The first-order valence-corrected chi connectivity index (χ1v) is 7.25. The highest BCUT2D eigenvalue weighted by atomic mass is 16.5. The molecule has 0 spiro atoms. The lowest BCUT2D eigenvalue weighted by molar-refractivity contribution is -0.130. The van der Waals surface area contributed by atoms with Gasteiger partial charge in [0.05, 0.1) is 24.5 Å². The molecule has 0 bridgehead atoms. The fraction of sp³-hybridized carbons (Fsp3) is 0.533. The van der Waals surface area contributed by atoms with Crippen LogP contribution in [-0.2, 0) is 4.79 Å². The van der Waals surface area contributed by atoms with Crippen LogP contribution in [0.3, 0.4) is 0 Å². The maximum Gasteiger partial charge on any atom is 0.241 e. The molecule has 1 amide bonds. The number of nitrogens with zero attached hydrogens (tertiary/aromatic N) is 1. The molecule has 5 heteroatoms. The monoisotopic (exact) mass is 277 g/mol. The Morgan fingerprint density at radius 2 is 2.10 bits per heavy atom. The van der Waals surface area contributed by atoms with Gasteiger partial charge in [-0.3, -0.25) is 4.79 Å². The highest BCUT2D eigenvalue weighted by molar-refractivity contribution is 5.83. The lowest BCUT2D eigenvalue weighted by atomic mass is 10.1. The van der Waals surface area contributed by atoms with Crippen molar-refractivity contribution in [1.82, 2.24) is 4.90 Å². The molecular weight excluding hydrogens is 254 g/mol. The first kappa shape index (κ1) is 14.5. The molecule has 1 aromatic carbocycles. The number of rotatable bonds is 5. The van der Waals surface area contributed by atoms with Gasteiger partial charge in [0.1, 0.15) is 5.75 Å². The molecule has 2 rings (SSSR count). The van der Waals surface area contributed by atoms with Crippen LogP contribution in [0.15, 0.2) is 18.2 Å². The average Bonchev–Trinajstić information content (AvgIpc) is 2.49. The van der Waals surface area contributed by atoms with Crippen molar-refractivity contribution in [3.05, 3.63) is 18.2 Å². The number of amides is 1. The van der Waals surface area contributed by atoms with Crippen LogP contribution in [0.5, 0.6) is 5.75 Å². The van der Waals surface area contributed by atoms with Gasteiger partial charge in [0.15, 0.2) is 0 Å². The van der Waals surface area contributed by atoms with Crippen LogP contribution in [0.1, 0.15) is 26.2 Å². The topological polar surface area (TPSA) is 67.6 Å². The van der Waals surface area contributed by atoms with Gasteiger partial charge in [0.25, 0.3) is 0 Å². The number of piperidine rings is 1. The van der Waals surface area contributed by atoms with E-state index in [-0.39, 0.29) is 12.5 Å². The van der Waals surface area contributed by atoms with E-state index in [0.717, 1.165) is 31.6 Å². The zero-order valence-corrected chi connectivity index (χ0v) is 12.0. The fourth-order valence-corrected chi connectivity index (χ4v) is 2.41. The molecule has 5 nitrogen and oxygen atoms in total. The third-order valence-corrected chi connectivity index (χ3v) is 3.50. The van der Waals surface area contributed by atoms with Gasteiger partial charge in [-0.25, -0.2) is 0 Å². The van der Waals surface area contributed by atoms with Gasteiger partial charge < -0.3 is 20.7 Å². The summed E-state index contributed by atoms with van der Waals surface area (Å²) in [5.74, 6) is 0.786. The summed E-state index contributed by atoms with van der Waals surface area (Å²) in [5, 5.41) is 3.11. The summed E-state index contributed by atoms with van der Waals surface area (Å²) in [6.45, 7) is 4.50. The predicted octanol–water partition coefficient (Wildman–Crippen LogP) is 2.09. The van der Waals surface area contributed by atoms with E-state index in [0.29, 0.717) is 18.0 Å². The molecule has 3 N–H and O–H groups in total. The fourth-order valence-electron chi connectivity index (χ4n) is 2.41. The minimum atomic E-state index is 0.130. The normalized spacial score (nSPS) is 14.9. The molecule has 0 radical (unpaired) electrons. The van der Waals surface area contributed by atoms with Crippen molar-refractivity contribution in [2.24, 2.45) is 0 Å². The van der Waals surface area contributed by atoms with Gasteiger partial charge in [-0.15, -0.1) is 0 Å². The molecule has 0 saturated carbocycles. The number of carbonyl (C=O) groups excluding carboxylic acids is 1. The third kappa shape index (κ3) is 3.56. The second kappa shape index (κ2) is 7.03. The summed E-state index contributed by atoms with van der Waals surface area (Å²) in [4.78, 5) is 14.0. The SMILES string of the molecule is CCOc1cccc(NCC(=O)N2CCCCC2)c1N. The van der Waals surface area contributed by atoms with Gasteiger partial charge in [-0.1, -0.05) is 6.07 Å². The Morgan fingerprint density at radius 3 is 2.80 bits per heavy atom. The third-order valence-electron chi connectivity index (χ3n) is 3.50. The maximum atomic E-state index is 12.1. The summed E-state index contributed by atoms with van der Waals surface area (Å²) in [5.41, 5.74) is 7.33. The zero-order chi connectivity index (χ0) is 14.4. The van der Waals surface area contributed by atoms with Crippen molar-refractivity contribution < 1.29 is 9.53 Å². The van der Waals surface area contributed by atoms with E-state index < -0.39 is 0 Å². The predicted molar refractivity (Wildman–Crippen MR) is 80.9 cm³/mol. The molecule has 0 aromatic heterocycles. The molecule has 1 heterocycles. The number of carbonyl (C=O) groups is 1. The summed E-state index contributed by atoms with van der Waals surface area (Å²) >= 11 is 0. The molecule has 1 fully saturated rings. The van der Waals surface area contributed by atoms with Crippen molar-refractivity contribution >= 4 is 17.3 Å². The molecule has 1 saturated heterocycles. The molecular formula is C15H23N3O2. The molecule has 1 aromatic rings. The summed E-state index contributed by atoms with van der Waals surface area (Å²) in [6.07, 6.45) is 3.43. The minimum Gasteiger partial charge on any atom is -0.492 e. The van der Waals surface area contributed by atoms with Gasteiger partial charge in [-0.05, 0) is 38.3 Å². The van der Waals surface area contributed by atoms with Crippen molar-refractivity contribution in [3.8, 4) is 5.75 Å². The highest BCUT2D eigenvalue weighted by Crippen LogP contribution is 2.29. The van der Waals surface area contributed by atoms with Gasteiger partial charge in [0.2, 0.25) is 5.91 Å². The number of para-hydroxylation sites is 1. The zero-order valence-electron chi connectivity index (χ0n) is 12.0. The minimum absolute atomic E-state index is 0.130. The van der Waals surface area contributed by atoms with E-state index in [1.807, 2.05) is 30.0 Å². The van der Waals surface area contributed by atoms with E-state index in [9.17, 15) is 4.79 Å². The van der Waals surface area contributed by atoms with Crippen LogP contribution in [0.4, 0.5) is 11.4 Å². The van der Waals surface area contributed by atoms with Crippen LogP contribution in [0.2, 0.25) is 0 Å². The number of benzene rings is 1. The number of likely N-dealkylation sites (tertiary alicyclic amines) is 1. The van der Waals surface area contributed by atoms with Crippen LogP contribution < -0.4 is 15.8 Å². The number of anilines is 2. The summed E-state index contributed by atoms with van der Waals surface area (Å²) < 4.78 is 5.44. The van der Waals surface area contributed by atoms with Gasteiger partial charge in [0, 0.05) is 13.1 Å². The average molecular weight is 277 g/mol. The number of nitrogens with two attached hydrogens (primary N) is 1. The van der Waals surface area contributed by atoms with Crippen LogP contribution in [0.25, 0.3) is 0 Å². The molecule has 0 aliphatic carbocycles. The summed E-state index contributed by atoms with van der Waals surface area (Å²) in [6, 6.07) is 5.56. The van der Waals surface area contributed by atoms with Gasteiger partial charge >= 0.3 is 0 Å². The molecule has 0 atom stereocenters. The highest BCUT2D eigenvalue weighted by Gasteiger charge is 2.16. The Morgan fingerprint density at radius 1 is 1.35 bits per heavy atom. The Labute approximate surface area is 120 Å². The molecule has 20 heavy (non-hydrogen) atoms. The Kier molecular flexibility index (Phi) is 5.09. The molecule has 1 aliphatic rings. The lowest BCUT2D eigenvalue weighted by Crippen LogP contribution is -2.39. The number of hydrogen-bond donors (Lipinski definition) is 2. The smallest absolute Gasteiger partial charge is 0.241 e. The van der Waals surface area contributed by atoms with Crippen molar-refractivity contribution in [2.45, 2.75) is 26.2 Å². The van der Waals surface area contributed by atoms with Crippen molar-refractivity contribution in [1.29, 1.82) is 0 Å². The van der Waals surface area contributed by atoms with Crippen LogP contribution in [-0.4, -0.2) is 37.0 Å². The molecule has 1 aliphatic heterocycles. The lowest BCUT2D eigenvalue weighted by Gasteiger charge is -2.27. The second-order valence-electron chi connectivity index (χ2n) is 4.95. The van der Waals surface area contributed by atoms with Crippen LogP contribution in [0, 0.1) is 0 Å². The van der Waals surface area contributed by atoms with E-state index in [1.54, 1.807) is 0 Å². The van der Waals surface area contributed by atoms with Crippen molar-refractivity contribution in [2.75, 3.05) is 37.3 Å².